The highest BCUT2D eigenvalue weighted by molar-refractivity contribution is 5.77. The van der Waals surface area contributed by atoms with Crippen molar-refractivity contribution in [1.29, 1.82) is 0 Å². The Morgan fingerprint density at radius 1 is 1.08 bits per heavy atom. The number of hydrogen-bond acceptors (Lipinski definition) is 3. The Bertz CT molecular complexity index is 757. The van der Waals surface area contributed by atoms with Crippen LogP contribution >= 0.6 is 0 Å². The van der Waals surface area contributed by atoms with Crippen LogP contribution < -0.4 is 14.8 Å². The molecule has 2 aromatic carbocycles. The first-order chi connectivity index (χ1) is 12.6. The van der Waals surface area contributed by atoms with E-state index in [-0.39, 0.29) is 18.6 Å². The van der Waals surface area contributed by atoms with Gasteiger partial charge in [0.1, 0.15) is 18.1 Å². The molecule has 0 aromatic heterocycles. The third-order valence-corrected chi connectivity index (χ3v) is 4.68. The molecule has 0 heterocycles. The molecule has 1 amide bonds. The maximum absolute atomic E-state index is 12.1. The summed E-state index contributed by atoms with van der Waals surface area (Å²) in [6, 6.07) is 13.9. The number of ether oxygens (including phenoxy) is 2. The summed E-state index contributed by atoms with van der Waals surface area (Å²) in [7, 11) is 0. The lowest BCUT2D eigenvalue weighted by Gasteiger charge is -2.18. The highest BCUT2D eigenvalue weighted by atomic mass is 16.5. The highest BCUT2D eigenvalue weighted by Crippen LogP contribution is 2.25. The van der Waals surface area contributed by atoms with Gasteiger partial charge in [-0.3, -0.25) is 4.79 Å². The number of hydrogen-bond donors (Lipinski definition) is 1. The van der Waals surface area contributed by atoms with Crippen LogP contribution in [0.25, 0.3) is 0 Å². The molecular formula is C22H27NO3. The second-order valence-electron chi connectivity index (χ2n) is 6.97. The molecule has 138 valence electrons. The zero-order valence-corrected chi connectivity index (χ0v) is 15.6. The standard InChI is InChI=1S/C22H27NO3/c1-16-7-3-6-10-21(16)26-14-17(2)23-22(24)15-25-20-12-11-18-8-4-5-9-19(18)13-20/h3,6-7,10-13,17H,4-5,8-9,14-15H2,1-2H3,(H,23,24). The van der Waals surface area contributed by atoms with Crippen LogP contribution in [0.2, 0.25) is 0 Å². The molecule has 0 aliphatic heterocycles. The molecule has 1 N–H and O–H groups in total. The largest absolute Gasteiger partial charge is 0.491 e. The van der Waals surface area contributed by atoms with Crippen molar-refractivity contribution in [3.8, 4) is 11.5 Å². The zero-order valence-electron chi connectivity index (χ0n) is 15.6. The number of para-hydroxylation sites is 1. The van der Waals surface area contributed by atoms with Crippen molar-refractivity contribution in [3.63, 3.8) is 0 Å². The quantitative estimate of drug-likeness (QED) is 0.823. The molecule has 0 saturated heterocycles. The minimum absolute atomic E-state index is 0.0213. The zero-order chi connectivity index (χ0) is 18.4. The Labute approximate surface area is 155 Å². The number of benzene rings is 2. The summed E-state index contributed by atoms with van der Waals surface area (Å²) in [6.45, 7) is 4.38. The van der Waals surface area contributed by atoms with Gasteiger partial charge in [-0.05, 0) is 74.4 Å². The van der Waals surface area contributed by atoms with Gasteiger partial charge >= 0.3 is 0 Å². The molecule has 3 rings (SSSR count). The number of rotatable bonds is 7. The van der Waals surface area contributed by atoms with E-state index in [1.165, 1.54) is 24.0 Å². The van der Waals surface area contributed by atoms with Gasteiger partial charge in [-0.25, -0.2) is 0 Å². The summed E-state index contributed by atoms with van der Waals surface area (Å²) in [5.74, 6) is 1.48. The molecule has 0 radical (unpaired) electrons. The third kappa shape index (κ3) is 5.01. The molecule has 4 nitrogen and oxygen atoms in total. The molecule has 0 fully saturated rings. The molecule has 26 heavy (non-hydrogen) atoms. The molecule has 1 unspecified atom stereocenters. The van der Waals surface area contributed by atoms with Crippen LogP contribution in [0.5, 0.6) is 11.5 Å². The van der Waals surface area contributed by atoms with E-state index in [1.807, 2.05) is 44.2 Å². The number of carbonyl (C=O) groups excluding carboxylic acids is 1. The van der Waals surface area contributed by atoms with Crippen molar-refractivity contribution < 1.29 is 14.3 Å². The molecule has 1 aliphatic rings. The summed E-state index contributed by atoms with van der Waals surface area (Å²) in [6.07, 6.45) is 4.74. The van der Waals surface area contributed by atoms with Crippen molar-refractivity contribution >= 4 is 5.91 Å². The summed E-state index contributed by atoms with van der Waals surface area (Å²) >= 11 is 0. The number of nitrogens with one attached hydrogen (secondary N) is 1. The maximum atomic E-state index is 12.1. The van der Waals surface area contributed by atoms with E-state index >= 15 is 0 Å². The van der Waals surface area contributed by atoms with Crippen molar-refractivity contribution in [2.24, 2.45) is 0 Å². The van der Waals surface area contributed by atoms with E-state index in [4.69, 9.17) is 9.47 Å². The average molecular weight is 353 g/mol. The molecule has 2 aromatic rings. The van der Waals surface area contributed by atoms with Gasteiger partial charge < -0.3 is 14.8 Å². The normalized spacial score (nSPS) is 14.2. The van der Waals surface area contributed by atoms with E-state index in [0.29, 0.717) is 6.61 Å². The first-order valence-electron chi connectivity index (χ1n) is 9.34. The Balaban J connectivity index is 1.43. The summed E-state index contributed by atoms with van der Waals surface area (Å²) in [5.41, 5.74) is 3.85. The molecule has 0 bridgehead atoms. The van der Waals surface area contributed by atoms with Gasteiger partial charge in [-0.2, -0.15) is 0 Å². The van der Waals surface area contributed by atoms with Gasteiger partial charge in [-0.15, -0.1) is 0 Å². The third-order valence-electron chi connectivity index (χ3n) is 4.68. The first kappa shape index (κ1) is 18.3. The Morgan fingerprint density at radius 3 is 2.65 bits per heavy atom. The monoisotopic (exact) mass is 353 g/mol. The predicted molar refractivity (Wildman–Crippen MR) is 103 cm³/mol. The number of amides is 1. The van der Waals surface area contributed by atoms with Crippen LogP contribution in [0.4, 0.5) is 0 Å². The van der Waals surface area contributed by atoms with Crippen LogP contribution in [-0.4, -0.2) is 25.2 Å². The van der Waals surface area contributed by atoms with Gasteiger partial charge in [0, 0.05) is 0 Å². The molecule has 0 saturated carbocycles. The van der Waals surface area contributed by atoms with Crippen molar-refractivity contribution in [3.05, 3.63) is 59.2 Å². The Morgan fingerprint density at radius 2 is 1.85 bits per heavy atom. The van der Waals surface area contributed by atoms with Gasteiger partial charge in [-0.1, -0.05) is 24.3 Å². The van der Waals surface area contributed by atoms with Gasteiger partial charge in [0.15, 0.2) is 6.61 Å². The lowest BCUT2D eigenvalue weighted by atomic mass is 9.92. The number of fused-ring (bicyclic) bond motifs is 1. The SMILES string of the molecule is Cc1ccccc1OCC(C)NC(=O)COc1ccc2c(c1)CCCC2. The van der Waals surface area contributed by atoms with Crippen LogP contribution in [0.15, 0.2) is 42.5 Å². The smallest absolute Gasteiger partial charge is 0.258 e. The van der Waals surface area contributed by atoms with E-state index in [1.54, 1.807) is 0 Å². The van der Waals surface area contributed by atoms with Crippen molar-refractivity contribution in [2.45, 2.75) is 45.6 Å². The Hall–Kier alpha value is -2.49. The summed E-state index contributed by atoms with van der Waals surface area (Å²) in [5, 5.41) is 2.91. The number of carbonyl (C=O) groups is 1. The van der Waals surface area contributed by atoms with E-state index in [2.05, 4.69) is 17.4 Å². The molecule has 1 atom stereocenters. The number of aryl methyl sites for hydroxylation is 3. The van der Waals surface area contributed by atoms with Crippen molar-refractivity contribution in [2.75, 3.05) is 13.2 Å². The van der Waals surface area contributed by atoms with Crippen LogP contribution in [0, 0.1) is 6.92 Å². The Kier molecular flexibility index (Phi) is 6.16. The molecular weight excluding hydrogens is 326 g/mol. The summed E-state index contributed by atoms with van der Waals surface area (Å²) in [4.78, 5) is 12.1. The molecule has 1 aliphatic carbocycles. The van der Waals surface area contributed by atoms with E-state index in [9.17, 15) is 4.79 Å². The lowest BCUT2D eigenvalue weighted by molar-refractivity contribution is -0.123. The van der Waals surface area contributed by atoms with Crippen LogP contribution in [-0.2, 0) is 17.6 Å². The fourth-order valence-corrected chi connectivity index (χ4v) is 3.24. The fourth-order valence-electron chi connectivity index (χ4n) is 3.24. The van der Waals surface area contributed by atoms with Crippen molar-refractivity contribution in [1.82, 2.24) is 5.32 Å². The van der Waals surface area contributed by atoms with E-state index in [0.717, 1.165) is 29.9 Å². The highest BCUT2D eigenvalue weighted by Gasteiger charge is 2.12. The van der Waals surface area contributed by atoms with Crippen LogP contribution in [0.3, 0.4) is 0 Å². The topological polar surface area (TPSA) is 47.6 Å². The second kappa shape index (κ2) is 8.75. The van der Waals surface area contributed by atoms with E-state index < -0.39 is 0 Å². The molecule has 4 heteroatoms. The first-order valence-corrected chi connectivity index (χ1v) is 9.34. The van der Waals surface area contributed by atoms with Gasteiger partial charge in [0.05, 0.1) is 6.04 Å². The van der Waals surface area contributed by atoms with Gasteiger partial charge in [0.2, 0.25) is 0 Å². The van der Waals surface area contributed by atoms with Crippen LogP contribution in [0.1, 0.15) is 36.5 Å². The summed E-state index contributed by atoms with van der Waals surface area (Å²) < 4.78 is 11.4. The predicted octanol–water partition coefficient (Wildman–Crippen LogP) is 3.84. The maximum Gasteiger partial charge on any atom is 0.258 e. The fraction of sp³-hybridized carbons (Fsp3) is 0.409. The lowest BCUT2D eigenvalue weighted by Crippen LogP contribution is -2.39. The average Bonchev–Trinajstić information content (AvgIpc) is 2.65. The van der Waals surface area contributed by atoms with Gasteiger partial charge in [0.25, 0.3) is 5.91 Å². The second-order valence-corrected chi connectivity index (χ2v) is 6.97. The molecule has 0 spiro atoms. The minimum Gasteiger partial charge on any atom is -0.491 e. The minimum atomic E-state index is -0.136.